The molecule has 0 aliphatic carbocycles. The summed E-state index contributed by atoms with van der Waals surface area (Å²) in [5.74, 6) is 0.246. The Labute approximate surface area is 203 Å². The van der Waals surface area contributed by atoms with E-state index in [1.54, 1.807) is 6.08 Å². The molecule has 0 bridgehead atoms. The average molecular weight is 468 g/mol. The van der Waals surface area contributed by atoms with Crippen LogP contribution in [-0.4, -0.2) is 26.6 Å². The summed E-state index contributed by atoms with van der Waals surface area (Å²) in [6.45, 7) is 0.898. The minimum atomic E-state index is -0.383. The Balaban J connectivity index is 1.24. The normalized spacial score (nSPS) is 10.7. The molecule has 0 unspecified atom stereocenters. The summed E-state index contributed by atoms with van der Waals surface area (Å²) in [6, 6.07) is 27.0. The van der Waals surface area contributed by atoms with Crippen molar-refractivity contribution in [3.8, 4) is 5.75 Å². The number of nitrogens with zero attached hydrogens (tertiary/aromatic N) is 3. The summed E-state index contributed by atoms with van der Waals surface area (Å²) in [6.07, 6.45) is 4.47. The van der Waals surface area contributed by atoms with E-state index < -0.39 is 0 Å². The Morgan fingerprint density at radius 3 is 2.43 bits per heavy atom. The molecule has 8 nitrogen and oxygen atoms in total. The van der Waals surface area contributed by atoms with Crippen LogP contribution < -0.4 is 15.4 Å². The maximum Gasteiger partial charge on any atom is 0.250 e. The van der Waals surface area contributed by atoms with Crippen LogP contribution >= 0.6 is 0 Å². The van der Waals surface area contributed by atoms with Crippen molar-refractivity contribution in [1.82, 2.24) is 20.1 Å². The SMILES string of the molecule is O=C(/C=C/c1cccc(OCc2ccccc2)c1)Nc1ncn(CC(=O)NCc2ccccc2)n1. The zero-order chi connectivity index (χ0) is 24.3. The maximum atomic E-state index is 12.3. The highest BCUT2D eigenvalue weighted by atomic mass is 16.5. The lowest BCUT2D eigenvalue weighted by molar-refractivity contribution is -0.122. The van der Waals surface area contributed by atoms with Crippen LogP contribution in [0.5, 0.6) is 5.75 Å². The van der Waals surface area contributed by atoms with Gasteiger partial charge in [0, 0.05) is 12.6 Å². The standard InChI is InChI=1S/C27H25N5O3/c33-25(15-14-21-12-7-13-24(16-21)35-19-23-10-5-2-6-11-23)30-27-29-20-32(31-27)18-26(34)28-17-22-8-3-1-4-9-22/h1-16,20H,17-19H2,(H,28,34)(H,30,31,33)/b15-14+. The number of amides is 2. The van der Waals surface area contributed by atoms with E-state index in [-0.39, 0.29) is 24.3 Å². The van der Waals surface area contributed by atoms with Gasteiger partial charge in [0.05, 0.1) is 0 Å². The first-order chi connectivity index (χ1) is 17.1. The average Bonchev–Trinajstić information content (AvgIpc) is 3.33. The molecule has 0 fully saturated rings. The number of nitrogens with one attached hydrogen (secondary N) is 2. The Morgan fingerprint density at radius 1 is 0.914 bits per heavy atom. The van der Waals surface area contributed by atoms with Gasteiger partial charge in [-0.3, -0.25) is 14.9 Å². The number of carbonyl (C=O) groups is 2. The molecule has 0 spiro atoms. The molecular weight excluding hydrogens is 442 g/mol. The van der Waals surface area contributed by atoms with Crippen LogP contribution in [0, 0.1) is 0 Å². The minimum Gasteiger partial charge on any atom is -0.489 e. The third-order valence-electron chi connectivity index (χ3n) is 4.94. The molecule has 35 heavy (non-hydrogen) atoms. The topological polar surface area (TPSA) is 98.1 Å². The fourth-order valence-electron chi connectivity index (χ4n) is 3.20. The van der Waals surface area contributed by atoms with Crippen molar-refractivity contribution in [3.63, 3.8) is 0 Å². The molecule has 3 aromatic carbocycles. The first kappa shape index (κ1) is 23.4. The van der Waals surface area contributed by atoms with Gasteiger partial charge in [0.25, 0.3) is 5.91 Å². The Bertz CT molecular complexity index is 1290. The van der Waals surface area contributed by atoms with Crippen LogP contribution in [0.3, 0.4) is 0 Å². The molecule has 4 aromatic rings. The number of ether oxygens (including phenoxy) is 1. The van der Waals surface area contributed by atoms with E-state index in [2.05, 4.69) is 20.7 Å². The number of carbonyl (C=O) groups excluding carboxylic acids is 2. The molecule has 0 aliphatic heterocycles. The van der Waals surface area contributed by atoms with Gasteiger partial charge < -0.3 is 10.1 Å². The molecular formula is C27H25N5O3. The quantitative estimate of drug-likeness (QED) is 0.346. The second-order valence-corrected chi connectivity index (χ2v) is 7.70. The van der Waals surface area contributed by atoms with Crippen molar-refractivity contribution in [2.24, 2.45) is 0 Å². The molecule has 0 radical (unpaired) electrons. The van der Waals surface area contributed by atoms with Crippen molar-refractivity contribution in [2.45, 2.75) is 19.7 Å². The predicted octanol–water partition coefficient (Wildman–Crippen LogP) is 3.83. The highest BCUT2D eigenvalue weighted by Gasteiger charge is 2.08. The van der Waals surface area contributed by atoms with E-state index in [1.165, 1.54) is 17.1 Å². The monoisotopic (exact) mass is 467 g/mol. The highest BCUT2D eigenvalue weighted by Crippen LogP contribution is 2.16. The molecule has 176 valence electrons. The van der Waals surface area contributed by atoms with Crippen molar-refractivity contribution in [1.29, 1.82) is 0 Å². The number of anilines is 1. The lowest BCUT2D eigenvalue weighted by Gasteiger charge is -2.06. The smallest absolute Gasteiger partial charge is 0.250 e. The van der Waals surface area contributed by atoms with Crippen LogP contribution in [0.1, 0.15) is 16.7 Å². The fraction of sp³-hybridized carbons (Fsp3) is 0.111. The zero-order valence-corrected chi connectivity index (χ0v) is 19.0. The Hall–Kier alpha value is -4.72. The van der Waals surface area contributed by atoms with Crippen LogP contribution in [0.15, 0.2) is 97.3 Å². The van der Waals surface area contributed by atoms with E-state index in [0.29, 0.717) is 18.9 Å². The van der Waals surface area contributed by atoms with Crippen LogP contribution in [0.4, 0.5) is 5.95 Å². The van der Waals surface area contributed by atoms with Gasteiger partial charge in [-0.05, 0) is 34.9 Å². The largest absolute Gasteiger partial charge is 0.489 e. The Kier molecular flexibility index (Phi) is 8.00. The van der Waals surface area contributed by atoms with E-state index in [4.69, 9.17) is 4.74 Å². The number of rotatable bonds is 10. The molecule has 0 aliphatic rings. The first-order valence-corrected chi connectivity index (χ1v) is 11.1. The molecule has 0 saturated carbocycles. The van der Waals surface area contributed by atoms with E-state index in [9.17, 15) is 9.59 Å². The second-order valence-electron chi connectivity index (χ2n) is 7.70. The number of benzene rings is 3. The lowest BCUT2D eigenvalue weighted by Crippen LogP contribution is -2.27. The van der Waals surface area contributed by atoms with Crippen molar-refractivity contribution < 1.29 is 14.3 Å². The van der Waals surface area contributed by atoms with Crippen LogP contribution in [0.25, 0.3) is 6.08 Å². The fourth-order valence-corrected chi connectivity index (χ4v) is 3.20. The van der Waals surface area contributed by atoms with E-state index in [0.717, 1.165) is 16.7 Å². The predicted molar refractivity (Wildman–Crippen MR) is 133 cm³/mol. The second kappa shape index (κ2) is 11.9. The summed E-state index contributed by atoms with van der Waals surface area (Å²) in [5.41, 5.74) is 2.90. The molecule has 4 rings (SSSR count). The summed E-state index contributed by atoms with van der Waals surface area (Å²) >= 11 is 0. The third kappa shape index (κ3) is 7.68. The van der Waals surface area contributed by atoms with Gasteiger partial charge in [0.15, 0.2) is 0 Å². The highest BCUT2D eigenvalue weighted by molar-refractivity contribution is 6.00. The summed E-state index contributed by atoms with van der Waals surface area (Å²) in [7, 11) is 0. The van der Waals surface area contributed by atoms with Gasteiger partial charge in [-0.1, -0.05) is 72.8 Å². The van der Waals surface area contributed by atoms with Gasteiger partial charge >= 0.3 is 0 Å². The van der Waals surface area contributed by atoms with Crippen molar-refractivity contribution in [2.75, 3.05) is 5.32 Å². The van der Waals surface area contributed by atoms with Crippen LogP contribution in [-0.2, 0) is 29.3 Å². The molecule has 8 heteroatoms. The molecule has 1 aromatic heterocycles. The molecule has 0 atom stereocenters. The van der Waals surface area contributed by atoms with Crippen molar-refractivity contribution >= 4 is 23.8 Å². The molecule has 2 N–H and O–H groups in total. The van der Waals surface area contributed by atoms with E-state index >= 15 is 0 Å². The van der Waals surface area contributed by atoms with E-state index in [1.807, 2.05) is 84.9 Å². The van der Waals surface area contributed by atoms with Gasteiger partial charge in [-0.15, -0.1) is 5.10 Å². The van der Waals surface area contributed by atoms with Gasteiger partial charge in [-0.25, -0.2) is 9.67 Å². The zero-order valence-electron chi connectivity index (χ0n) is 19.0. The number of aromatic nitrogens is 3. The first-order valence-electron chi connectivity index (χ1n) is 11.1. The summed E-state index contributed by atoms with van der Waals surface area (Å²) in [4.78, 5) is 28.4. The van der Waals surface area contributed by atoms with Gasteiger partial charge in [-0.2, -0.15) is 0 Å². The Morgan fingerprint density at radius 2 is 1.66 bits per heavy atom. The molecule has 0 saturated heterocycles. The third-order valence-corrected chi connectivity index (χ3v) is 4.94. The van der Waals surface area contributed by atoms with Crippen LogP contribution in [0.2, 0.25) is 0 Å². The van der Waals surface area contributed by atoms with Gasteiger partial charge in [0.1, 0.15) is 25.2 Å². The minimum absolute atomic E-state index is 0.00131. The maximum absolute atomic E-state index is 12.3. The molecule has 1 heterocycles. The van der Waals surface area contributed by atoms with Crippen molar-refractivity contribution in [3.05, 3.63) is 114 Å². The molecule has 2 amide bonds. The summed E-state index contributed by atoms with van der Waals surface area (Å²) in [5, 5.41) is 9.54. The lowest BCUT2D eigenvalue weighted by atomic mass is 10.2. The van der Waals surface area contributed by atoms with Gasteiger partial charge in [0.2, 0.25) is 11.9 Å². The summed E-state index contributed by atoms with van der Waals surface area (Å²) < 4.78 is 7.19. The number of hydrogen-bond donors (Lipinski definition) is 2. The number of hydrogen-bond acceptors (Lipinski definition) is 5.